The fourth-order valence-electron chi connectivity index (χ4n) is 4.17. The molecule has 0 saturated heterocycles. The number of hydrogen-bond acceptors (Lipinski definition) is 4. The van der Waals surface area contributed by atoms with E-state index in [0.717, 1.165) is 33.5 Å². The number of nitrogens with zero attached hydrogens (tertiary/aromatic N) is 1. The van der Waals surface area contributed by atoms with Gasteiger partial charge in [0.15, 0.2) is 0 Å². The molecule has 0 saturated carbocycles. The van der Waals surface area contributed by atoms with Crippen LogP contribution in [0.25, 0.3) is 35.2 Å². The molecule has 3 nitrogen and oxygen atoms in total. The fraction of sp³-hybridized carbons (Fsp3) is 0.103. The maximum Gasteiger partial charge on any atom is 1.00 e. The van der Waals surface area contributed by atoms with Crippen LogP contribution in [0.5, 0.6) is 0 Å². The van der Waals surface area contributed by atoms with E-state index in [4.69, 9.17) is 11.6 Å². The monoisotopic (exact) mass is 523 g/mol. The predicted octanol–water partition coefficient (Wildman–Crippen LogP) is 3.65. The Morgan fingerprint density at radius 3 is 2.58 bits per heavy atom. The van der Waals surface area contributed by atoms with Gasteiger partial charge in [0.05, 0.1) is 21.5 Å². The van der Waals surface area contributed by atoms with Crippen molar-refractivity contribution in [1.29, 1.82) is 0 Å². The Kier molecular flexibility index (Phi) is 8.70. The van der Waals surface area contributed by atoms with E-state index in [1.54, 1.807) is 11.8 Å². The van der Waals surface area contributed by atoms with E-state index in [0.29, 0.717) is 16.7 Å². The zero-order valence-electron chi connectivity index (χ0n) is 19.6. The van der Waals surface area contributed by atoms with Gasteiger partial charge in [-0.2, -0.15) is 0 Å². The van der Waals surface area contributed by atoms with Gasteiger partial charge in [0.2, 0.25) is 0 Å². The number of halogens is 2. The maximum absolute atomic E-state index is 13.7. The summed E-state index contributed by atoms with van der Waals surface area (Å²) in [5.41, 5.74) is 6.89. The number of hydrogen-bond donors (Lipinski definition) is 0. The number of pyridine rings is 1. The van der Waals surface area contributed by atoms with Gasteiger partial charge >= 0.3 is 29.6 Å². The van der Waals surface area contributed by atoms with Gasteiger partial charge in [-0.25, -0.2) is 9.37 Å². The van der Waals surface area contributed by atoms with Gasteiger partial charge in [0.1, 0.15) is 5.82 Å². The number of benzene rings is 3. The minimum absolute atomic E-state index is 0. The van der Waals surface area contributed by atoms with Crippen LogP contribution in [0.2, 0.25) is 5.02 Å². The molecule has 1 aliphatic carbocycles. The number of carboxylic acids is 1. The van der Waals surface area contributed by atoms with Crippen molar-refractivity contribution >= 4 is 64.5 Å². The van der Waals surface area contributed by atoms with E-state index in [-0.39, 0.29) is 46.3 Å². The number of rotatable bonds is 6. The van der Waals surface area contributed by atoms with E-state index in [1.807, 2.05) is 42.5 Å². The first-order valence-electron chi connectivity index (χ1n) is 11.1. The topological polar surface area (TPSA) is 53.0 Å². The van der Waals surface area contributed by atoms with Crippen LogP contribution in [0.3, 0.4) is 0 Å². The normalized spacial score (nSPS) is 14.2. The van der Waals surface area contributed by atoms with Crippen LogP contribution < -0.4 is 34.7 Å². The van der Waals surface area contributed by atoms with E-state index in [1.165, 1.54) is 12.1 Å². The number of aromatic nitrogens is 1. The molecule has 0 N–H and O–H groups in total. The van der Waals surface area contributed by atoms with Crippen molar-refractivity contribution in [3.05, 3.63) is 111 Å². The van der Waals surface area contributed by atoms with E-state index in [2.05, 4.69) is 41.4 Å². The van der Waals surface area contributed by atoms with E-state index >= 15 is 0 Å². The summed E-state index contributed by atoms with van der Waals surface area (Å²) < 4.78 is 13.7. The summed E-state index contributed by atoms with van der Waals surface area (Å²) in [6.07, 6.45) is 8.12. The smallest absolute Gasteiger partial charge is 0.550 e. The van der Waals surface area contributed by atoms with Crippen LogP contribution in [-0.4, -0.2) is 16.7 Å². The van der Waals surface area contributed by atoms with Gasteiger partial charge in [-0.05, 0) is 70.3 Å². The minimum Gasteiger partial charge on any atom is -0.550 e. The summed E-state index contributed by atoms with van der Waals surface area (Å²) >= 11 is 7.53. The molecule has 0 spiro atoms. The molecule has 5 rings (SSSR count). The van der Waals surface area contributed by atoms with Crippen LogP contribution in [0.15, 0.2) is 66.7 Å². The van der Waals surface area contributed by atoms with E-state index in [9.17, 15) is 14.3 Å². The van der Waals surface area contributed by atoms with Crippen molar-refractivity contribution in [3.8, 4) is 0 Å². The van der Waals surface area contributed by atoms with Crippen LogP contribution in [0.4, 0.5) is 4.39 Å². The molecule has 174 valence electrons. The Morgan fingerprint density at radius 1 is 1.00 bits per heavy atom. The standard InChI is InChI=1S/C29H21ClFNO2S.Na/c30-25-17-27-21(16-26(25)31)10-12-22(32-27)11-6-18-5-7-20-9-8-19-3-1-2-4-23(19)29(24(20)15-18)35-14-13-28(33)34;/h1-12,15-17,29H,13-14H2,(H,33,34);/q;+1/p-1/b11-6+;. The van der Waals surface area contributed by atoms with Crippen LogP contribution in [0, 0.1) is 5.82 Å². The molecule has 1 heterocycles. The summed E-state index contributed by atoms with van der Waals surface area (Å²) in [6.45, 7) is 0. The summed E-state index contributed by atoms with van der Waals surface area (Å²) in [5.74, 6) is -1.04. The van der Waals surface area contributed by atoms with Crippen molar-refractivity contribution < 1.29 is 43.8 Å². The average Bonchev–Trinajstić information content (AvgIpc) is 3.00. The first-order valence-corrected chi connectivity index (χ1v) is 12.6. The Labute approximate surface area is 240 Å². The Balaban J connectivity index is 0.00000304. The third kappa shape index (κ3) is 5.93. The SMILES string of the molecule is O=C([O-])CCSC1c2ccccc2C=Cc2ccc(/C=C/c3ccc4cc(F)c(Cl)cc4n3)cc21.[Na+]. The summed E-state index contributed by atoms with van der Waals surface area (Å²) in [4.78, 5) is 15.6. The molecular weight excluding hydrogens is 504 g/mol. The number of carboxylic acid groups (broad SMARTS) is 1. The number of carbonyl (C=O) groups is 1. The summed E-state index contributed by atoms with van der Waals surface area (Å²) in [5, 5.41) is 11.8. The molecular formula is C29H20ClFNNaO2S. The van der Waals surface area contributed by atoms with Gasteiger partial charge in [-0.3, -0.25) is 0 Å². The Hall–Kier alpha value is -2.41. The molecule has 1 aromatic heterocycles. The number of fused-ring (bicyclic) bond motifs is 3. The largest absolute Gasteiger partial charge is 1.00 e. The Bertz CT molecular complexity index is 1500. The molecule has 1 unspecified atom stereocenters. The molecule has 4 aromatic rings. The number of carbonyl (C=O) groups excluding carboxylic acids is 1. The van der Waals surface area contributed by atoms with Crippen LogP contribution >= 0.6 is 23.4 Å². The third-order valence-electron chi connectivity index (χ3n) is 5.90. The molecule has 0 bridgehead atoms. The fourth-order valence-corrected chi connectivity index (χ4v) is 5.63. The van der Waals surface area contributed by atoms with Crippen molar-refractivity contribution in [2.45, 2.75) is 11.7 Å². The van der Waals surface area contributed by atoms with Crippen molar-refractivity contribution in [2.24, 2.45) is 0 Å². The van der Waals surface area contributed by atoms with Crippen LogP contribution in [0.1, 0.15) is 45.2 Å². The van der Waals surface area contributed by atoms with Gasteiger partial charge in [-0.15, -0.1) is 11.8 Å². The zero-order chi connectivity index (χ0) is 24.4. The molecule has 7 heteroatoms. The second-order valence-electron chi connectivity index (χ2n) is 8.25. The average molecular weight is 524 g/mol. The first-order chi connectivity index (χ1) is 17.0. The van der Waals surface area contributed by atoms with Crippen molar-refractivity contribution in [3.63, 3.8) is 0 Å². The quantitative estimate of drug-likeness (QED) is 0.362. The van der Waals surface area contributed by atoms with E-state index < -0.39 is 11.8 Å². The maximum atomic E-state index is 13.7. The molecule has 1 aliphatic rings. The molecule has 0 aliphatic heterocycles. The summed E-state index contributed by atoms with van der Waals surface area (Å²) in [6, 6.07) is 21.0. The molecule has 3 aromatic carbocycles. The number of thioether (sulfide) groups is 1. The molecule has 36 heavy (non-hydrogen) atoms. The molecule has 0 amide bonds. The number of aliphatic carboxylic acids is 1. The molecule has 1 atom stereocenters. The van der Waals surface area contributed by atoms with Crippen LogP contribution in [-0.2, 0) is 4.79 Å². The second-order valence-corrected chi connectivity index (χ2v) is 9.87. The third-order valence-corrected chi connectivity index (χ3v) is 7.47. The zero-order valence-corrected chi connectivity index (χ0v) is 23.2. The Morgan fingerprint density at radius 2 is 1.78 bits per heavy atom. The summed E-state index contributed by atoms with van der Waals surface area (Å²) in [7, 11) is 0. The molecule has 0 radical (unpaired) electrons. The van der Waals surface area contributed by atoms with Crippen molar-refractivity contribution in [2.75, 3.05) is 5.75 Å². The molecule has 0 fully saturated rings. The van der Waals surface area contributed by atoms with Gasteiger partial charge in [0, 0.05) is 11.4 Å². The van der Waals surface area contributed by atoms with Gasteiger partial charge in [-0.1, -0.05) is 72.3 Å². The van der Waals surface area contributed by atoms with Crippen molar-refractivity contribution in [1.82, 2.24) is 4.98 Å². The second kappa shape index (κ2) is 11.8. The van der Waals surface area contributed by atoms with Gasteiger partial charge in [0.25, 0.3) is 0 Å². The van der Waals surface area contributed by atoms with Gasteiger partial charge < -0.3 is 9.90 Å². The predicted molar refractivity (Wildman–Crippen MR) is 141 cm³/mol. The minimum atomic E-state index is -1.04. The first kappa shape index (κ1) is 26.6.